The molecule has 1 aromatic carbocycles. The lowest BCUT2D eigenvalue weighted by Crippen LogP contribution is -2.39. The molecule has 30 heavy (non-hydrogen) atoms. The third kappa shape index (κ3) is 4.93. The molecule has 3 rings (SSSR count). The molecule has 1 fully saturated rings. The van der Waals surface area contributed by atoms with Crippen LogP contribution < -0.4 is 0 Å². The monoisotopic (exact) mass is 471 g/mol. The van der Waals surface area contributed by atoms with E-state index in [0.717, 1.165) is 31.4 Å². The Bertz CT molecular complexity index is 914. The second kappa shape index (κ2) is 10.0. The van der Waals surface area contributed by atoms with Crippen molar-refractivity contribution in [2.75, 3.05) is 19.7 Å². The quantitative estimate of drug-likeness (QED) is 0.524. The van der Waals surface area contributed by atoms with Gasteiger partial charge in [0.2, 0.25) is 0 Å². The lowest BCUT2D eigenvalue weighted by molar-refractivity contribution is 0.0517. The average Bonchev–Trinajstić information content (AvgIpc) is 3.12. The minimum absolute atomic E-state index is 0.106. The predicted octanol–water partition coefficient (Wildman–Crippen LogP) is 5.45. The maximum atomic E-state index is 13.0. The minimum atomic E-state index is -0.409. The molecule has 2 heterocycles. The Morgan fingerprint density at radius 3 is 2.30 bits per heavy atom. The fraction of sp³-hybridized carbons (Fsp3) is 0.476. The summed E-state index contributed by atoms with van der Waals surface area (Å²) in [5, 5.41) is 5.40. The third-order valence-corrected chi connectivity index (χ3v) is 5.94. The van der Waals surface area contributed by atoms with E-state index in [1.807, 2.05) is 10.7 Å². The summed E-state index contributed by atoms with van der Waals surface area (Å²) in [5.74, 6) is -0.616. The summed E-state index contributed by atoms with van der Waals surface area (Å²) in [5.41, 5.74) is 1.61. The lowest BCUT2D eigenvalue weighted by atomic mass is 10.0. The van der Waals surface area contributed by atoms with Crippen LogP contribution in [0, 0.1) is 0 Å². The Morgan fingerprint density at radius 2 is 1.73 bits per heavy atom. The fourth-order valence-corrected chi connectivity index (χ4v) is 4.69. The highest BCUT2D eigenvalue weighted by molar-refractivity contribution is 6.42. The molecule has 0 N–H and O–H groups in total. The Hall–Kier alpha value is -1.76. The van der Waals surface area contributed by atoms with Crippen LogP contribution in [0.3, 0.4) is 0 Å². The number of amides is 1. The first-order valence-corrected chi connectivity index (χ1v) is 11.2. The van der Waals surface area contributed by atoms with Crippen molar-refractivity contribution in [2.45, 2.75) is 45.6 Å². The number of esters is 1. The van der Waals surface area contributed by atoms with Crippen LogP contribution in [0.5, 0.6) is 0 Å². The van der Waals surface area contributed by atoms with Crippen molar-refractivity contribution in [3.63, 3.8) is 0 Å². The Morgan fingerprint density at radius 1 is 1.10 bits per heavy atom. The molecule has 1 saturated heterocycles. The number of piperidine rings is 1. The number of rotatable bonds is 6. The maximum absolute atomic E-state index is 13.0. The van der Waals surface area contributed by atoms with E-state index in [9.17, 15) is 9.59 Å². The predicted molar refractivity (Wildman–Crippen MR) is 118 cm³/mol. The van der Waals surface area contributed by atoms with Gasteiger partial charge in [0, 0.05) is 23.8 Å². The van der Waals surface area contributed by atoms with E-state index in [1.54, 1.807) is 11.8 Å². The van der Waals surface area contributed by atoms with Crippen LogP contribution in [-0.4, -0.2) is 46.3 Å². The van der Waals surface area contributed by atoms with Gasteiger partial charge in [-0.25, -0.2) is 4.79 Å². The highest BCUT2D eigenvalue weighted by atomic mass is 35.5. The first-order chi connectivity index (χ1) is 14.3. The van der Waals surface area contributed by atoms with Gasteiger partial charge in [0.15, 0.2) is 5.69 Å². The van der Waals surface area contributed by atoms with Crippen LogP contribution in [0.15, 0.2) is 18.2 Å². The van der Waals surface area contributed by atoms with Gasteiger partial charge in [-0.2, -0.15) is 5.10 Å². The number of hydrogen-bond acceptors (Lipinski definition) is 4. The van der Waals surface area contributed by atoms with Gasteiger partial charge in [0.05, 0.1) is 28.3 Å². The molecule has 0 aliphatic carbocycles. The van der Waals surface area contributed by atoms with Crippen molar-refractivity contribution >= 4 is 46.7 Å². The van der Waals surface area contributed by atoms with Gasteiger partial charge in [-0.3, -0.25) is 9.48 Å². The summed E-state index contributed by atoms with van der Waals surface area (Å²) >= 11 is 18.4. The number of nitrogens with zero attached hydrogens (tertiary/aromatic N) is 3. The summed E-state index contributed by atoms with van der Waals surface area (Å²) in [6, 6.07) is 4.96. The van der Waals surface area contributed by atoms with Crippen LogP contribution in [0.1, 0.15) is 65.7 Å². The molecule has 0 saturated carbocycles. The van der Waals surface area contributed by atoms with E-state index in [2.05, 4.69) is 12.0 Å². The largest absolute Gasteiger partial charge is 0.461 e. The molecule has 0 spiro atoms. The van der Waals surface area contributed by atoms with Crippen molar-refractivity contribution in [1.29, 1.82) is 0 Å². The summed E-state index contributed by atoms with van der Waals surface area (Å²) in [7, 11) is 0. The smallest absolute Gasteiger partial charge is 0.358 e. The SMILES string of the molecule is CCCc1cc(C(=O)OCC)nn1C1CCN(C(=O)c2c(Cl)cc(Cl)cc2Cl)CC1. The van der Waals surface area contributed by atoms with E-state index in [-0.39, 0.29) is 27.6 Å². The number of halogens is 3. The zero-order valence-electron chi connectivity index (χ0n) is 17.0. The van der Waals surface area contributed by atoms with E-state index in [1.165, 1.54) is 12.1 Å². The van der Waals surface area contributed by atoms with Crippen molar-refractivity contribution in [1.82, 2.24) is 14.7 Å². The molecule has 2 aromatic rings. The normalized spacial score (nSPS) is 14.8. The van der Waals surface area contributed by atoms with Crippen LogP contribution in [0.25, 0.3) is 0 Å². The molecule has 1 aromatic heterocycles. The topological polar surface area (TPSA) is 64.4 Å². The van der Waals surface area contributed by atoms with Crippen molar-refractivity contribution in [3.8, 4) is 0 Å². The van der Waals surface area contributed by atoms with Crippen LogP contribution >= 0.6 is 34.8 Å². The standard InChI is InChI=1S/C21H24Cl3N3O3/c1-3-5-15-12-18(21(29)30-4-2)25-27(15)14-6-8-26(9-7-14)20(28)19-16(23)10-13(22)11-17(19)24/h10-12,14H,3-9H2,1-2H3. The molecule has 0 bridgehead atoms. The summed E-state index contributed by atoms with van der Waals surface area (Å²) in [6.45, 7) is 5.25. The first kappa shape index (κ1) is 22.9. The van der Waals surface area contributed by atoms with Gasteiger partial charge in [0.25, 0.3) is 5.91 Å². The fourth-order valence-electron chi connectivity index (χ4n) is 3.72. The number of carbonyl (C=O) groups is 2. The highest BCUT2D eigenvalue weighted by Crippen LogP contribution is 2.32. The van der Waals surface area contributed by atoms with Crippen LogP contribution in [0.4, 0.5) is 0 Å². The molecular formula is C21H24Cl3N3O3. The molecule has 0 unspecified atom stereocenters. The molecule has 162 valence electrons. The number of hydrogen-bond donors (Lipinski definition) is 0. The molecule has 1 amide bonds. The molecule has 9 heteroatoms. The molecule has 1 aliphatic rings. The summed E-state index contributed by atoms with van der Waals surface area (Å²) < 4.78 is 7.02. The van der Waals surface area contributed by atoms with Gasteiger partial charge in [-0.05, 0) is 44.4 Å². The zero-order chi connectivity index (χ0) is 21.8. The molecular weight excluding hydrogens is 449 g/mol. The van der Waals surface area contributed by atoms with Crippen molar-refractivity contribution < 1.29 is 14.3 Å². The average molecular weight is 473 g/mol. The summed E-state index contributed by atoms with van der Waals surface area (Å²) in [6.07, 6.45) is 3.20. The number of carbonyl (C=O) groups excluding carboxylic acids is 2. The third-order valence-electron chi connectivity index (χ3n) is 5.12. The Labute approximate surface area is 191 Å². The van der Waals surface area contributed by atoms with Crippen molar-refractivity contribution in [2.24, 2.45) is 0 Å². The van der Waals surface area contributed by atoms with E-state index >= 15 is 0 Å². The second-order valence-corrected chi connectivity index (χ2v) is 8.45. The number of ether oxygens (including phenoxy) is 1. The highest BCUT2D eigenvalue weighted by Gasteiger charge is 2.29. The molecule has 1 aliphatic heterocycles. The van der Waals surface area contributed by atoms with Gasteiger partial charge in [-0.1, -0.05) is 48.1 Å². The Kier molecular flexibility index (Phi) is 7.66. The number of aryl methyl sites for hydroxylation is 1. The lowest BCUT2D eigenvalue weighted by Gasteiger charge is -2.33. The summed E-state index contributed by atoms with van der Waals surface area (Å²) in [4.78, 5) is 26.8. The van der Waals surface area contributed by atoms with Crippen LogP contribution in [0.2, 0.25) is 15.1 Å². The zero-order valence-corrected chi connectivity index (χ0v) is 19.2. The minimum Gasteiger partial charge on any atom is -0.461 e. The van der Waals surface area contributed by atoms with Gasteiger partial charge < -0.3 is 9.64 Å². The van der Waals surface area contributed by atoms with Gasteiger partial charge >= 0.3 is 5.97 Å². The maximum Gasteiger partial charge on any atom is 0.358 e. The first-order valence-electron chi connectivity index (χ1n) is 10.0. The van der Waals surface area contributed by atoms with Gasteiger partial charge in [0.1, 0.15) is 0 Å². The van der Waals surface area contributed by atoms with E-state index in [0.29, 0.717) is 30.4 Å². The van der Waals surface area contributed by atoms with Gasteiger partial charge in [-0.15, -0.1) is 0 Å². The number of aromatic nitrogens is 2. The van der Waals surface area contributed by atoms with Crippen molar-refractivity contribution in [3.05, 3.63) is 50.2 Å². The number of benzene rings is 1. The molecule has 0 atom stereocenters. The van der Waals surface area contributed by atoms with Crippen LogP contribution in [-0.2, 0) is 11.2 Å². The molecule has 6 nitrogen and oxygen atoms in total. The van der Waals surface area contributed by atoms with E-state index in [4.69, 9.17) is 39.5 Å². The number of likely N-dealkylation sites (tertiary alicyclic amines) is 1. The van der Waals surface area contributed by atoms with E-state index < -0.39 is 5.97 Å². The second-order valence-electron chi connectivity index (χ2n) is 7.20. The molecule has 0 radical (unpaired) electrons. The Balaban J connectivity index is 1.74.